The van der Waals surface area contributed by atoms with Crippen molar-refractivity contribution in [1.29, 1.82) is 0 Å². The van der Waals surface area contributed by atoms with Crippen LogP contribution in [0.15, 0.2) is 48.5 Å². The van der Waals surface area contributed by atoms with Crippen LogP contribution in [0.3, 0.4) is 0 Å². The zero-order chi connectivity index (χ0) is 18.4. The topological polar surface area (TPSA) is 66.5 Å². The molecule has 0 atom stereocenters. The Bertz CT molecular complexity index is 836. The van der Waals surface area contributed by atoms with Crippen molar-refractivity contribution in [3.63, 3.8) is 0 Å². The summed E-state index contributed by atoms with van der Waals surface area (Å²) < 4.78 is 25.2. The lowest BCUT2D eigenvalue weighted by Gasteiger charge is -2.22. The Labute approximate surface area is 153 Å². The van der Waals surface area contributed by atoms with Crippen LogP contribution in [0.1, 0.15) is 11.1 Å². The highest BCUT2D eigenvalue weighted by Crippen LogP contribution is 2.19. The standard InChI is InChI=1S/C18H21ClN2O3S/c1-14-4-3-5-15(12-14)13-18(22)20-10-11-21(25(2,23)24)17-8-6-16(19)7-9-17/h3-9,12H,10-11,13H2,1-2H3,(H,20,22). The molecule has 2 rings (SSSR count). The lowest BCUT2D eigenvalue weighted by Crippen LogP contribution is -2.38. The summed E-state index contributed by atoms with van der Waals surface area (Å²) in [4.78, 5) is 12.0. The molecule has 134 valence electrons. The minimum atomic E-state index is -3.45. The number of carbonyl (C=O) groups excluding carboxylic acids is 1. The minimum absolute atomic E-state index is 0.143. The molecule has 0 radical (unpaired) electrons. The first-order valence-electron chi connectivity index (χ1n) is 7.81. The van der Waals surface area contributed by atoms with Crippen LogP contribution in [0.2, 0.25) is 5.02 Å². The first kappa shape index (κ1) is 19.3. The first-order valence-corrected chi connectivity index (χ1v) is 10.0. The van der Waals surface area contributed by atoms with Gasteiger partial charge < -0.3 is 5.32 Å². The highest BCUT2D eigenvalue weighted by molar-refractivity contribution is 7.92. The second-order valence-corrected chi connectivity index (χ2v) is 8.17. The molecule has 25 heavy (non-hydrogen) atoms. The Morgan fingerprint density at radius 1 is 1.16 bits per heavy atom. The SMILES string of the molecule is Cc1cccc(CC(=O)NCCN(c2ccc(Cl)cc2)S(C)(=O)=O)c1. The number of hydrogen-bond donors (Lipinski definition) is 1. The maximum absolute atomic E-state index is 12.0. The van der Waals surface area contributed by atoms with Crippen molar-refractivity contribution < 1.29 is 13.2 Å². The predicted octanol–water partition coefficient (Wildman–Crippen LogP) is 2.77. The Hall–Kier alpha value is -2.05. The van der Waals surface area contributed by atoms with Crippen LogP contribution in [0, 0.1) is 6.92 Å². The van der Waals surface area contributed by atoms with Crippen LogP contribution in [-0.2, 0) is 21.2 Å². The molecule has 5 nitrogen and oxygen atoms in total. The summed E-state index contributed by atoms with van der Waals surface area (Å²) in [6.07, 6.45) is 1.40. The van der Waals surface area contributed by atoms with E-state index in [9.17, 15) is 13.2 Å². The molecule has 0 heterocycles. The molecular formula is C18H21ClN2O3S. The number of sulfonamides is 1. The van der Waals surface area contributed by atoms with E-state index >= 15 is 0 Å². The molecule has 0 aliphatic carbocycles. The largest absolute Gasteiger partial charge is 0.354 e. The van der Waals surface area contributed by atoms with E-state index in [1.54, 1.807) is 24.3 Å². The molecule has 2 aromatic carbocycles. The third-order valence-corrected chi connectivity index (χ3v) is 5.05. The van der Waals surface area contributed by atoms with E-state index in [4.69, 9.17) is 11.6 Å². The average molecular weight is 381 g/mol. The monoisotopic (exact) mass is 380 g/mol. The van der Waals surface area contributed by atoms with Gasteiger partial charge in [0.05, 0.1) is 24.9 Å². The fraction of sp³-hybridized carbons (Fsp3) is 0.278. The molecule has 7 heteroatoms. The van der Waals surface area contributed by atoms with Gasteiger partial charge >= 0.3 is 0 Å². The third-order valence-electron chi connectivity index (χ3n) is 3.60. The number of anilines is 1. The molecule has 0 saturated heterocycles. The molecule has 0 bridgehead atoms. The van der Waals surface area contributed by atoms with E-state index in [0.717, 1.165) is 17.4 Å². The van der Waals surface area contributed by atoms with Crippen molar-refractivity contribution in [1.82, 2.24) is 5.32 Å². The van der Waals surface area contributed by atoms with Crippen LogP contribution in [0.5, 0.6) is 0 Å². The van der Waals surface area contributed by atoms with E-state index in [2.05, 4.69) is 5.32 Å². The molecular weight excluding hydrogens is 360 g/mol. The molecule has 0 unspecified atom stereocenters. The summed E-state index contributed by atoms with van der Waals surface area (Å²) in [5, 5.41) is 3.29. The zero-order valence-electron chi connectivity index (χ0n) is 14.2. The van der Waals surface area contributed by atoms with Crippen LogP contribution < -0.4 is 9.62 Å². The fourth-order valence-corrected chi connectivity index (χ4v) is 3.51. The van der Waals surface area contributed by atoms with Crippen molar-refractivity contribution in [2.24, 2.45) is 0 Å². The van der Waals surface area contributed by atoms with Gasteiger partial charge in [-0.2, -0.15) is 0 Å². The van der Waals surface area contributed by atoms with Gasteiger partial charge in [0.1, 0.15) is 0 Å². The molecule has 0 saturated carbocycles. The van der Waals surface area contributed by atoms with Crippen molar-refractivity contribution in [3.8, 4) is 0 Å². The van der Waals surface area contributed by atoms with Crippen LogP contribution in [0.4, 0.5) is 5.69 Å². The quantitative estimate of drug-likeness (QED) is 0.803. The zero-order valence-corrected chi connectivity index (χ0v) is 15.8. The number of hydrogen-bond acceptors (Lipinski definition) is 3. The van der Waals surface area contributed by atoms with Crippen LogP contribution >= 0.6 is 11.6 Å². The van der Waals surface area contributed by atoms with Gasteiger partial charge in [0.2, 0.25) is 15.9 Å². The number of amides is 1. The molecule has 1 amide bonds. The van der Waals surface area contributed by atoms with Crippen LogP contribution in [-0.4, -0.2) is 33.7 Å². The van der Waals surface area contributed by atoms with Gasteiger partial charge in [-0.05, 0) is 36.8 Å². The second kappa shape index (κ2) is 8.36. The van der Waals surface area contributed by atoms with Gasteiger partial charge in [-0.25, -0.2) is 8.42 Å². The summed E-state index contributed by atoms with van der Waals surface area (Å²) in [6, 6.07) is 14.3. The number of carbonyl (C=O) groups is 1. The van der Waals surface area contributed by atoms with Gasteiger partial charge in [0.15, 0.2) is 0 Å². The molecule has 0 spiro atoms. The highest BCUT2D eigenvalue weighted by Gasteiger charge is 2.17. The van der Waals surface area contributed by atoms with Crippen molar-refractivity contribution in [2.75, 3.05) is 23.7 Å². The summed E-state index contributed by atoms with van der Waals surface area (Å²) >= 11 is 5.84. The second-order valence-electron chi connectivity index (χ2n) is 5.83. The number of nitrogens with zero attached hydrogens (tertiary/aromatic N) is 1. The van der Waals surface area contributed by atoms with Crippen LogP contribution in [0.25, 0.3) is 0 Å². The third kappa shape index (κ3) is 6.07. The van der Waals surface area contributed by atoms with Crippen molar-refractivity contribution in [3.05, 3.63) is 64.7 Å². The van der Waals surface area contributed by atoms with Gasteiger partial charge in [-0.1, -0.05) is 41.4 Å². The maximum atomic E-state index is 12.0. The Morgan fingerprint density at radius 2 is 1.84 bits per heavy atom. The molecule has 0 aliphatic rings. The number of rotatable bonds is 7. The lowest BCUT2D eigenvalue weighted by molar-refractivity contribution is -0.120. The summed E-state index contributed by atoms with van der Waals surface area (Å²) in [7, 11) is -3.45. The number of aryl methyl sites for hydroxylation is 1. The molecule has 0 fully saturated rings. The van der Waals surface area contributed by atoms with E-state index in [-0.39, 0.29) is 25.4 Å². The minimum Gasteiger partial charge on any atom is -0.354 e. The average Bonchev–Trinajstić information content (AvgIpc) is 2.51. The van der Waals surface area contributed by atoms with Gasteiger partial charge in [-0.3, -0.25) is 9.10 Å². The summed E-state index contributed by atoms with van der Waals surface area (Å²) in [6.45, 7) is 2.35. The number of nitrogens with one attached hydrogen (secondary N) is 1. The summed E-state index contributed by atoms with van der Waals surface area (Å²) in [5.41, 5.74) is 2.53. The van der Waals surface area contributed by atoms with Crippen molar-refractivity contribution >= 4 is 33.2 Å². The Morgan fingerprint density at radius 3 is 2.44 bits per heavy atom. The lowest BCUT2D eigenvalue weighted by atomic mass is 10.1. The van der Waals surface area contributed by atoms with Crippen molar-refractivity contribution in [2.45, 2.75) is 13.3 Å². The van der Waals surface area contributed by atoms with Gasteiger partial charge in [0, 0.05) is 11.6 Å². The summed E-state index contributed by atoms with van der Waals surface area (Å²) in [5.74, 6) is -0.143. The van der Waals surface area contributed by atoms with E-state index in [0.29, 0.717) is 10.7 Å². The number of halogens is 1. The fourth-order valence-electron chi connectivity index (χ4n) is 2.46. The maximum Gasteiger partial charge on any atom is 0.232 e. The van der Waals surface area contributed by atoms with E-state index in [1.165, 1.54) is 4.31 Å². The smallest absolute Gasteiger partial charge is 0.232 e. The predicted molar refractivity (Wildman–Crippen MR) is 102 cm³/mol. The molecule has 2 aromatic rings. The normalized spacial score (nSPS) is 11.2. The Balaban J connectivity index is 1.95. The van der Waals surface area contributed by atoms with Gasteiger partial charge in [0.25, 0.3) is 0 Å². The van der Waals surface area contributed by atoms with E-state index in [1.807, 2.05) is 31.2 Å². The molecule has 0 aromatic heterocycles. The molecule has 0 aliphatic heterocycles. The first-order chi connectivity index (χ1) is 11.8. The van der Waals surface area contributed by atoms with E-state index < -0.39 is 10.0 Å². The molecule has 1 N–H and O–H groups in total. The highest BCUT2D eigenvalue weighted by atomic mass is 35.5. The van der Waals surface area contributed by atoms with Gasteiger partial charge in [-0.15, -0.1) is 0 Å². The number of benzene rings is 2. The Kier molecular flexibility index (Phi) is 6.45.